The number of halogens is 4. The highest BCUT2D eigenvalue weighted by molar-refractivity contribution is 6.34. The van der Waals surface area contributed by atoms with Gasteiger partial charge in [-0.15, -0.1) is 0 Å². The molecule has 2 aromatic heterocycles. The molecular weight excluding hydrogens is 589 g/mol. The zero-order chi connectivity index (χ0) is 30.3. The van der Waals surface area contributed by atoms with Crippen LogP contribution in [0.3, 0.4) is 0 Å². The van der Waals surface area contributed by atoms with Crippen molar-refractivity contribution >= 4 is 35.0 Å². The fourth-order valence-corrected chi connectivity index (χ4v) is 5.90. The Labute approximate surface area is 249 Å². The molecule has 4 N–H and O–H groups in total. The molecule has 0 bridgehead atoms. The number of aromatic nitrogens is 4. The minimum atomic E-state index is -4.60. The monoisotopic (exact) mass is 618 g/mol. The number of H-pyrrole nitrogens is 2. The van der Waals surface area contributed by atoms with E-state index in [9.17, 15) is 27.6 Å². The summed E-state index contributed by atoms with van der Waals surface area (Å²) >= 11 is 6.42. The molecular formula is C28H30ClF3N8O3. The van der Waals surface area contributed by atoms with Crippen LogP contribution in [0.2, 0.25) is 5.02 Å². The van der Waals surface area contributed by atoms with Gasteiger partial charge in [0.2, 0.25) is 5.91 Å². The van der Waals surface area contributed by atoms with Crippen molar-refractivity contribution in [3.8, 4) is 0 Å². The number of alkyl halides is 3. The third-order valence-electron chi connectivity index (χ3n) is 8.11. The van der Waals surface area contributed by atoms with Crippen LogP contribution in [0.25, 0.3) is 0 Å². The third-order valence-corrected chi connectivity index (χ3v) is 8.42. The van der Waals surface area contributed by atoms with E-state index in [1.54, 1.807) is 9.80 Å². The van der Waals surface area contributed by atoms with Crippen molar-refractivity contribution in [2.24, 2.45) is 5.92 Å². The maximum absolute atomic E-state index is 13.5. The van der Waals surface area contributed by atoms with E-state index in [0.29, 0.717) is 49.8 Å². The fourth-order valence-electron chi connectivity index (χ4n) is 5.64. The molecule has 3 aromatic rings. The van der Waals surface area contributed by atoms with Gasteiger partial charge >= 0.3 is 6.18 Å². The minimum absolute atomic E-state index is 0.00825. The van der Waals surface area contributed by atoms with Crippen LogP contribution < -0.4 is 10.6 Å². The predicted molar refractivity (Wildman–Crippen MR) is 150 cm³/mol. The van der Waals surface area contributed by atoms with Gasteiger partial charge in [-0.05, 0) is 44.0 Å². The molecule has 1 aromatic carbocycles. The summed E-state index contributed by atoms with van der Waals surface area (Å²) < 4.78 is 40.5. The molecule has 228 valence electrons. The number of piperazine rings is 1. The number of aromatic amines is 2. The summed E-state index contributed by atoms with van der Waals surface area (Å²) in [6.07, 6.45) is -0.969. The van der Waals surface area contributed by atoms with E-state index in [1.165, 1.54) is 24.4 Å². The summed E-state index contributed by atoms with van der Waals surface area (Å²) in [5.74, 6) is -0.837. The van der Waals surface area contributed by atoms with E-state index in [0.717, 1.165) is 25.8 Å². The predicted octanol–water partition coefficient (Wildman–Crippen LogP) is 3.42. The number of hydrogen-bond acceptors (Lipinski definition) is 6. The molecule has 1 saturated carbocycles. The van der Waals surface area contributed by atoms with Crippen molar-refractivity contribution in [1.82, 2.24) is 35.3 Å². The molecule has 6 rings (SSSR count). The molecule has 0 unspecified atom stereocenters. The molecule has 11 nitrogen and oxygen atoms in total. The number of nitrogens with one attached hydrogen (secondary N) is 4. The number of anilines is 1. The zero-order valence-electron chi connectivity index (χ0n) is 23.1. The standard InChI is InChI=1S/C28H30ClF3N8O3/c29-21-12-17(3-4-19(21)27(43)40-9-7-39(8-10-40)26(42)16-5-6-33-13-16)36-25(41)24-34-14-18(35-24)11-20-22(15-1-2-15)37-38-23(20)28(30,31)32/h3-4,12,14-16,33H,1-2,5-11,13H2,(H,34,35)(H,36,41)(H,37,38)/t16-/m0/s1. The van der Waals surface area contributed by atoms with Gasteiger partial charge in [0.15, 0.2) is 11.5 Å². The first-order valence-corrected chi connectivity index (χ1v) is 14.5. The maximum Gasteiger partial charge on any atom is 0.435 e. The lowest BCUT2D eigenvalue weighted by molar-refractivity contribution is -0.141. The third kappa shape index (κ3) is 6.25. The van der Waals surface area contributed by atoms with Crippen LogP contribution in [-0.2, 0) is 17.4 Å². The lowest BCUT2D eigenvalue weighted by Crippen LogP contribution is -2.52. The Bertz CT molecular complexity index is 1540. The summed E-state index contributed by atoms with van der Waals surface area (Å²) in [5, 5.41) is 12.0. The second kappa shape index (κ2) is 11.6. The average Bonchev–Trinajstić information content (AvgIpc) is 3.34. The van der Waals surface area contributed by atoms with E-state index in [1.807, 2.05) is 0 Å². The van der Waals surface area contributed by atoms with Gasteiger partial charge in [-0.25, -0.2) is 4.98 Å². The van der Waals surface area contributed by atoms with Crippen molar-refractivity contribution < 1.29 is 27.6 Å². The SMILES string of the molecule is O=C(Nc1ccc(C(=O)N2CCN(C(=O)[C@H]3CCNC3)CC2)c(Cl)c1)c1ncc(Cc2c(C(F)(F)F)n[nH]c2C2CC2)[nH]1. The number of hydrogen-bond donors (Lipinski definition) is 4. The Balaban J connectivity index is 1.07. The van der Waals surface area contributed by atoms with Crippen molar-refractivity contribution in [1.29, 1.82) is 0 Å². The number of carbonyl (C=O) groups is 3. The van der Waals surface area contributed by atoms with E-state index in [4.69, 9.17) is 11.6 Å². The lowest BCUT2D eigenvalue weighted by Gasteiger charge is -2.36. The second-order valence-electron chi connectivity index (χ2n) is 11.1. The zero-order valence-corrected chi connectivity index (χ0v) is 23.8. The maximum atomic E-state index is 13.5. The van der Waals surface area contributed by atoms with E-state index < -0.39 is 17.8 Å². The molecule has 2 aliphatic heterocycles. The van der Waals surface area contributed by atoms with Crippen LogP contribution in [0.15, 0.2) is 24.4 Å². The van der Waals surface area contributed by atoms with Crippen LogP contribution in [0.5, 0.6) is 0 Å². The van der Waals surface area contributed by atoms with E-state index >= 15 is 0 Å². The molecule has 43 heavy (non-hydrogen) atoms. The van der Waals surface area contributed by atoms with Crippen molar-refractivity contribution in [2.45, 2.75) is 37.8 Å². The Hall–Kier alpha value is -3.91. The molecule has 1 atom stereocenters. The van der Waals surface area contributed by atoms with Crippen LogP contribution in [0, 0.1) is 5.92 Å². The van der Waals surface area contributed by atoms with Gasteiger partial charge < -0.3 is 25.4 Å². The van der Waals surface area contributed by atoms with Crippen LogP contribution >= 0.6 is 11.6 Å². The van der Waals surface area contributed by atoms with Gasteiger partial charge in [-0.1, -0.05) is 11.6 Å². The normalized spacial score (nSPS) is 19.1. The first-order chi connectivity index (χ1) is 20.6. The van der Waals surface area contributed by atoms with Crippen LogP contribution in [0.4, 0.5) is 18.9 Å². The van der Waals surface area contributed by atoms with Crippen LogP contribution in [-0.4, -0.2) is 87.0 Å². The van der Waals surface area contributed by atoms with E-state index in [2.05, 4.69) is 30.8 Å². The number of nitrogens with zero attached hydrogens (tertiary/aromatic N) is 4. The number of carbonyl (C=O) groups excluding carboxylic acids is 3. The van der Waals surface area contributed by atoms with Crippen molar-refractivity contribution in [3.05, 3.63) is 63.5 Å². The molecule has 15 heteroatoms. The number of amides is 3. The van der Waals surface area contributed by atoms with Gasteiger partial charge in [-0.3, -0.25) is 19.5 Å². The van der Waals surface area contributed by atoms with Gasteiger partial charge in [-0.2, -0.15) is 18.3 Å². The number of imidazole rings is 1. The number of benzene rings is 1. The quantitative estimate of drug-likeness (QED) is 0.320. The molecule has 4 heterocycles. The molecule has 2 saturated heterocycles. The molecule has 3 aliphatic rings. The summed E-state index contributed by atoms with van der Waals surface area (Å²) in [5.41, 5.74) is 0.476. The highest BCUT2D eigenvalue weighted by atomic mass is 35.5. The van der Waals surface area contributed by atoms with Crippen molar-refractivity contribution in [3.63, 3.8) is 0 Å². The highest BCUT2D eigenvalue weighted by Crippen LogP contribution is 2.44. The Morgan fingerprint density at radius 2 is 1.81 bits per heavy atom. The Kier molecular flexibility index (Phi) is 7.90. The van der Waals surface area contributed by atoms with Gasteiger partial charge in [0, 0.05) is 73.9 Å². The Morgan fingerprint density at radius 3 is 2.47 bits per heavy atom. The molecule has 1 aliphatic carbocycles. The molecule has 3 fully saturated rings. The molecule has 3 amide bonds. The summed E-state index contributed by atoms with van der Waals surface area (Å²) in [6.45, 7) is 3.23. The van der Waals surface area contributed by atoms with Gasteiger partial charge in [0.1, 0.15) is 0 Å². The topological polar surface area (TPSA) is 139 Å². The van der Waals surface area contributed by atoms with E-state index in [-0.39, 0.29) is 52.0 Å². The molecule has 0 spiro atoms. The largest absolute Gasteiger partial charge is 0.435 e. The second-order valence-corrected chi connectivity index (χ2v) is 11.5. The first-order valence-electron chi connectivity index (χ1n) is 14.2. The minimum Gasteiger partial charge on any atom is -0.339 e. The van der Waals surface area contributed by atoms with Gasteiger partial charge in [0.25, 0.3) is 11.8 Å². The van der Waals surface area contributed by atoms with Crippen molar-refractivity contribution in [2.75, 3.05) is 44.6 Å². The first kappa shape index (κ1) is 29.2. The Morgan fingerprint density at radius 1 is 1.07 bits per heavy atom. The van der Waals surface area contributed by atoms with Crippen LogP contribution in [0.1, 0.15) is 68.8 Å². The summed E-state index contributed by atoms with van der Waals surface area (Å²) in [7, 11) is 0. The number of rotatable bonds is 7. The fraction of sp³-hybridized carbons (Fsp3) is 0.464. The molecule has 0 radical (unpaired) electrons. The average molecular weight is 619 g/mol. The lowest BCUT2D eigenvalue weighted by atomic mass is 10.0. The summed E-state index contributed by atoms with van der Waals surface area (Å²) in [4.78, 5) is 48.9. The smallest absolute Gasteiger partial charge is 0.339 e. The van der Waals surface area contributed by atoms with Gasteiger partial charge in [0.05, 0.1) is 16.5 Å². The highest BCUT2D eigenvalue weighted by Gasteiger charge is 2.40. The summed E-state index contributed by atoms with van der Waals surface area (Å²) in [6, 6.07) is 4.51.